The molecule has 3 N–H and O–H groups in total. The second kappa shape index (κ2) is 33.2. The van der Waals surface area contributed by atoms with Crippen molar-refractivity contribution in [3.05, 3.63) is 29.8 Å². The number of methoxy groups -OCH3 is 1. The highest BCUT2D eigenvalue weighted by Crippen LogP contribution is 2.23. The fraction of sp³-hybridized carbons (Fsp3) is 0.738. The highest BCUT2D eigenvalue weighted by Gasteiger charge is 2.42. The van der Waals surface area contributed by atoms with Crippen molar-refractivity contribution in [3.8, 4) is 5.75 Å². The van der Waals surface area contributed by atoms with Gasteiger partial charge in [0.1, 0.15) is 60.1 Å². The number of rotatable bonds is 20. The summed E-state index contributed by atoms with van der Waals surface area (Å²) >= 11 is 0. The van der Waals surface area contributed by atoms with Crippen molar-refractivity contribution in [2.45, 2.75) is 195 Å². The molecule has 1 fully saturated rings. The molecule has 0 aromatic heterocycles. The Morgan fingerprint density at radius 3 is 1.81 bits per heavy atom. The number of nitrogens with zero attached hydrogens (tertiary/aromatic N) is 7. The summed E-state index contributed by atoms with van der Waals surface area (Å²) in [4.78, 5) is 154. The Kier molecular flexibility index (Phi) is 29.2. The van der Waals surface area contributed by atoms with Gasteiger partial charge in [-0.25, -0.2) is 0 Å². The van der Waals surface area contributed by atoms with Crippen molar-refractivity contribution in [1.82, 2.24) is 50.2 Å². The zero-order valence-electron chi connectivity index (χ0n) is 54.2. The molecule has 0 unspecified atom stereocenters. The van der Waals surface area contributed by atoms with Gasteiger partial charge in [0.05, 0.1) is 7.11 Å². The van der Waals surface area contributed by atoms with Gasteiger partial charge in [-0.2, -0.15) is 0 Å². The van der Waals surface area contributed by atoms with Crippen molar-refractivity contribution in [2.75, 3.05) is 70.0 Å². The summed E-state index contributed by atoms with van der Waals surface area (Å²) in [6, 6.07) is -2.61. The summed E-state index contributed by atoms with van der Waals surface area (Å²) in [5, 5.41) is 8.62. The van der Waals surface area contributed by atoms with Crippen LogP contribution < -0.4 is 20.7 Å². The van der Waals surface area contributed by atoms with Crippen LogP contribution in [0.15, 0.2) is 24.3 Å². The van der Waals surface area contributed by atoms with Crippen LogP contribution in [0.25, 0.3) is 0 Å². The predicted octanol–water partition coefficient (Wildman–Crippen LogP) is 3.82. The van der Waals surface area contributed by atoms with Crippen LogP contribution in [0.1, 0.15) is 134 Å². The van der Waals surface area contributed by atoms with Gasteiger partial charge in [-0.3, -0.25) is 52.8 Å². The normalized spacial score (nSPS) is 22.6. The van der Waals surface area contributed by atoms with E-state index in [9.17, 15) is 43.2 Å². The number of hydrogen-bond acceptors (Lipinski definition) is 13. The Balaban J connectivity index is 2.73. The number of amides is 9. The van der Waals surface area contributed by atoms with E-state index >= 15 is 4.79 Å². The van der Waals surface area contributed by atoms with Crippen molar-refractivity contribution in [3.63, 3.8) is 0 Å². The fourth-order valence-corrected chi connectivity index (χ4v) is 10.5. The first kappa shape index (κ1) is 72.8. The lowest BCUT2D eigenvalue weighted by molar-refractivity contribution is -0.169. The number of esters is 1. The van der Waals surface area contributed by atoms with Gasteiger partial charge < -0.3 is 54.8 Å². The largest absolute Gasteiger partial charge is 0.497 e. The highest BCUT2D eigenvalue weighted by molar-refractivity contribution is 5.98. The lowest BCUT2D eigenvalue weighted by Crippen LogP contribution is -2.61. The number of hydrogen-bond donors (Lipinski definition) is 3. The molecule has 83 heavy (non-hydrogen) atoms. The van der Waals surface area contributed by atoms with Crippen LogP contribution in [0.5, 0.6) is 5.75 Å². The molecule has 22 nitrogen and oxygen atoms in total. The number of ether oxygens (including phenoxy) is 2. The second-order valence-electron chi connectivity index (χ2n) is 24.6. The minimum Gasteiger partial charge on any atom is -0.497 e. The summed E-state index contributed by atoms with van der Waals surface area (Å²) in [5.74, 6) is -6.43. The summed E-state index contributed by atoms with van der Waals surface area (Å²) in [6.07, 6.45) is 0.396. The van der Waals surface area contributed by atoms with Crippen LogP contribution in [0, 0.1) is 29.6 Å². The average molecular weight is 1170 g/mol. The van der Waals surface area contributed by atoms with E-state index in [1.807, 2.05) is 48.5 Å². The Hall–Kier alpha value is -6.32. The zero-order valence-corrected chi connectivity index (χ0v) is 54.2. The molecular formula is C61H104N10O12. The maximum atomic E-state index is 15.1. The van der Waals surface area contributed by atoms with Crippen molar-refractivity contribution in [1.29, 1.82) is 0 Å². The van der Waals surface area contributed by atoms with Gasteiger partial charge in [0.2, 0.25) is 47.3 Å². The molecule has 0 saturated carbocycles. The Morgan fingerprint density at radius 1 is 0.711 bits per heavy atom. The van der Waals surface area contributed by atoms with E-state index in [0.29, 0.717) is 18.6 Å². The molecule has 1 heterocycles. The molecule has 9 amide bonds. The first-order valence-corrected chi connectivity index (χ1v) is 29.5. The lowest BCUT2D eigenvalue weighted by atomic mass is 9.95. The number of benzene rings is 1. The van der Waals surface area contributed by atoms with E-state index in [1.165, 1.54) is 85.4 Å². The third-order valence-corrected chi connectivity index (χ3v) is 16.1. The van der Waals surface area contributed by atoms with E-state index in [-0.39, 0.29) is 56.4 Å². The Morgan fingerprint density at radius 2 is 1.30 bits per heavy atom. The summed E-state index contributed by atoms with van der Waals surface area (Å²) in [6.45, 7) is 23.2. The third kappa shape index (κ3) is 20.2. The van der Waals surface area contributed by atoms with Crippen LogP contribution in [0.2, 0.25) is 0 Å². The van der Waals surface area contributed by atoms with E-state index in [2.05, 4.69) is 16.0 Å². The molecule has 22 heteroatoms. The molecule has 0 aliphatic carbocycles. The molecule has 11 atom stereocenters. The van der Waals surface area contributed by atoms with Crippen LogP contribution in [0.3, 0.4) is 0 Å². The number of likely N-dealkylation sites (N-methyl/N-ethyl adjacent to an activating group) is 7. The monoisotopic (exact) mass is 1170 g/mol. The molecular weight excluding hydrogens is 1060 g/mol. The molecule has 2 rings (SSSR count). The summed E-state index contributed by atoms with van der Waals surface area (Å²) in [5.41, 5.74) is 0.729. The van der Waals surface area contributed by atoms with Gasteiger partial charge >= 0.3 is 5.97 Å². The standard InChI is InChI=1S/C61H104N10O12/c1-23-39(10)50-54(74)62-40(11)55(75)70(20)48(33-36(4)5)53(73)64-46(34-43-27-29-44(82-22)30-28-43)57(77)66(16)31-25-24-26-47(59(79)68(18)42(13)56(76)71(50)21)69(19)58(78)45(32-35(2)3)63-52(72)41(12)67(17)60(80)51(38(8)9)83-61(81)49(37(6)7)65(14)15/h27-30,35-42,45-51H,23-26,31-34H2,1-22H3,(H,62,74)(H,63,72)(H,64,73)/t39-,40-,41-,42-,45-,46-,47-,48-,49-,50-,51+/m0/s1. The lowest BCUT2D eigenvalue weighted by Gasteiger charge is -2.38. The summed E-state index contributed by atoms with van der Waals surface area (Å²) in [7, 11) is 13.9. The molecule has 1 aliphatic rings. The Labute approximate surface area is 495 Å². The van der Waals surface area contributed by atoms with Crippen LogP contribution >= 0.6 is 0 Å². The van der Waals surface area contributed by atoms with Crippen LogP contribution in [-0.2, 0) is 59.1 Å². The minimum atomic E-state index is -1.21. The van der Waals surface area contributed by atoms with E-state index in [0.717, 1.165) is 5.56 Å². The van der Waals surface area contributed by atoms with E-state index < -0.39 is 131 Å². The quantitative estimate of drug-likeness (QED) is 0.157. The van der Waals surface area contributed by atoms with Gasteiger partial charge in [0.25, 0.3) is 5.91 Å². The van der Waals surface area contributed by atoms with Gasteiger partial charge in [-0.05, 0) is 114 Å². The first-order valence-electron chi connectivity index (χ1n) is 29.5. The SMILES string of the molecule is CC[C@H](C)[C@H]1C(=O)N[C@@H](C)C(=O)N(C)[C@@H](CC(C)C)C(=O)N[C@@H](Cc2ccc(OC)cc2)C(=O)N(C)CCCC[C@H](N(C)C(=O)[C@H](CC(C)C)NC(=O)[C@H](C)N(C)C(=O)[C@H](OC(=O)[C@H](C(C)C)N(C)C)C(C)C)C(=O)N(C)[C@@H](C)C(=O)N1C. The van der Waals surface area contributed by atoms with Crippen LogP contribution in [0.4, 0.5) is 0 Å². The number of carbonyl (C=O) groups is 10. The first-order chi connectivity index (χ1) is 38.5. The van der Waals surface area contributed by atoms with Gasteiger partial charge in [-0.1, -0.05) is 87.8 Å². The predicted molar refractivity (Wildman–Crippen MR) is 319 cm³/mol. The maximum absolute atomic E-state index is 15.1. The number of nitrogens with one attached hydrogen (secondary N) is 3. The topological polar surface area (TPSA) is 248 Å². The third-order valence-electron chi connectivity index (χ3n) is 16.1. The highest BCUT2D eigenvalue weighted by atomic mass is 16.6. The van der Waals surface area contributed by atoms with Crippen molar-refractivity contribution < 1.29 is 57.4 Å². The number of carbonyl (C=O) groups excluding carboxylic acids is 10. The minimum absolute atomic E-state index is 0.0556. The molecule has 470 valence electrons. The fourth-order valence-electron chi connectivity index (χ4n) is 10.5. The molecule has 0 bridgehead atoms. The molecule has 1 aromatic carbocycles. The van der Waals surface area contributed by atoms with Gasteiger partial charge in [0, 0.05) is 55.3 Å². The van der Waals surface area contributed by atoms with Gasteiger partial charge in [-0.15, -0.1) is 0 Å². The molecule has 1 aromatic rings. The maximum Gasteiger partial charge on any atom is 0.324 e. The zero-order chi connectivity index (χ0) is 63.7. The van der Waals surface area contributed by atoms with Crippen molar-refractivity contribution in [2.24, 2.45) is 29.6 Å². The van der Waals surface area contributed by atoms with Crippen LogP contribution in [-0.4, -0.2) is 224 Å². The van der Waals surface area contributed by atoms with E-state index in [4.69, 9.17) is 9.47 Å². The molecule has 1 saturated heterocycles. The average Bonchev–Trinajstić information content (AvgIpc) is 3.57. The summed E-state index contributed by atoms with van der Waals surface area (Å²) < 4.78 is 11.2. The smallest absolute Gasteiger partial charge is 0.324 e. The Bertz CT molecular complexity index is 2360. The second-order valence-corrected chi connectivity index (χ2v) is 24.6. The van der Waals surface area contributed by atoms with E-state index in [1.54, 1.807) is 78.2 Å². The van der Waals surface area contributed by atoms with Crippen molar-refractivity contribution >= 4 is 59.1 Å². The molecule has 0 spiro atoms. The molecule has 0 radical (unpaired) electrons. The molecule has 1 aliphatic heterocycles. The van der Waals surface area contributed by atoms with Gasteiger partial charge in [0.15, 0.2) is 6.10 Å².